The van der Waals surface area contributed by atoms with Crippen molar-refractivity contribution in [2.45, 2.75) is 13.0 Å². The van der Waals surface area contributed by atoms with Crippen LogP contribution in [-0.4, -0.2) is 22.1 Å². The summed E-state index contributed by atoms with van der Waals surface area (Å²) in [5.41, 5.74) is 3.67. The van der Waals surface area contributed by atoms with Crippen LogP contribution >= 0.6 is 0 Å². The predicted octanol–water partition coefficient (Wildman–Crippen LogP) is 5.07. The largest absolute Gasteiger partial charge is 0.348 e. The summed E-state index contributed by atoms with van der Waals surface area (Å²) in [4.78, 5) is 26.5. The minimum absolute atomic E-state index is 0.0160. The molecule has 0 spiro atoms. The molecule has 7 nitrogen and oxygen atoms in total. The Labute approximate surface area is 191 Å². The van der Waals surface area contributed by atoms with E-state index in [1.807, 2.05) is 61.5 Å². The smallest absolute Gasteiger partial charge is 0.263 e. The van der Waals surface area contributed by atoms with E-state index in [9.17, 15) is 4.79 Å². The number of nitrogens with two attached hydrogens (primary N) is 1. The standard InChI is InChI=1S/C26H23N6O/c1-18(19-8-4-2-5-9-19)30-26-28-15-14-24(31-26)32(27)17-29-22-13-12-21(16-23(22)32)25(33)20-10-6-3-7-11-20/h2-18H,27H2,1H3,(H,28,30,31)/q+1. The summed E-state index contributed by atoms with van der Waals surface area (Å²) in [7, 11) is 0. The number of ketones is 1. The Bertz CT molecular complexity index is 1340. The summed E-state index contributed by atoms with van der Waals surface area (Å²) in [5, 5.41) is 3.33. The van der Waals surface area contributed by atoms with E-state index in [0.29, 0.717) is 34.3 Å². The Balaban J connectivity index is 1.46. The zero-order valence-electron chi connectivity index (χ0n) is 18.1. The van der Waals surface area contributed by atoms with Gasteiger partial charge in [-0.1, -0.05) is 60.7 Å². The number of nitrogens with one attached hydrogen (secondary N) is 1. The number of rotatable bonds is 6. The zero-order valence-corrected chi connectivity index (χ0v) is 18.1. The summed E-state index contributed by atoms with van der Waals surface area (Å²) in [6.45, 7) is 2.05. The first-order chi connectivity index (χ1) is 16.0. The van der Waals surface area contributed by atoms with Gasteiger partial charge in [-0.05, 0) is 24.6 Å². The number of carbonyl (C=O) groups excluding carboxylic acids is 1. The molecule has 5 rings (SSSR count). The van der Waals surface area contributed by atoms with Gasteiger partial charge in [0.05, 0.1) is 6.04 Å². The van der Waals surface area contributed by atoms with Crippen molar-refractivity contribution in [3.05, 3.63) is 108 Å². The Hall–Kier alpha value is -4.20. The van der Waals surface area contributed by atoms with Crippen molar-refractivity contribution in [2.24, 2.45) is 10.8 Å². The lowest BCUT2D eigenvalue weighted by atomic mass is 10.0. The lowest BCUT2D eigenvalue weighted by Crippen LogP contribution is -2.49. The zero-order chi connectivity index (χ0) is 22.8. The normalized spacial score (nSPS) is 17.4. The molecule has 4 aromatic rings. The van der Waals surface area contributed by atoms with Gasteiger partial charge in [0, 0.05) is 29.5 Å². The maximum absolute atomic E-state index is 13.0. The lowest BCUT2D eigenvalue weighted by molar-refractivity contribution is 0.103. The Morgan fingerprint density at radius 2 is 1.67 bits per heavy atom. The summed E-state index contributed by atoms with van der Waals surface area (Å²) >= 11 is 0. The molecular weight excluding hydrogens is 412 g/mol. The molecule has 0 radical (unpaired) electrons. The molecule has 33 heavy (non-hydrogen) atoms. The van der Waals surface area contributed by atoms with Gasteiger partial charge in [-0.2, -0.15) is 15.8 Å². The van der Waals surface area contributed by atoms with Crippen LogP contribution in [-0.2, 0) is 0 Å². The number of aliphatic imine (C=N–C) groups is 1. The maximum Gasteiger partial charge on any atom is 0.263 e. The molecule has 7 heteroatoms. The molecule has 3 aromatic carbocycles. The molecule has 0 saturated carbocycles. The van der Waals surface area contributed by atoms with E-state index in [4.69, 9.17) is 5.84 Å². The van der Waals surface area contributed by atoms with Crippen molar-refractivity contribution >= 4 is 35.3 Å². The summed E-state index contributed by atoms with van der Waals surface area (Å²) < 4.78 is -0.248. The molecule has 3 N–H and O–H groups in total. The number of benzene rings is 3. The molecule has 0 saturated heterocycles. The van der Waals surface area contributed by atoms with Gasteiger partial charge in [0.2, 0.25) is 12.3 Å². The molecule has 2 atom stereocenters. The van der Waals surface area contributed by atoms with E-state index in [1.54, 1.807) is 42.9 Å². The third-order valence-corrected chi connectivity index (χ3v) is 5.72. The van der Waals surface area contributed by atoms with Gasteiger partial charge in [0.15, 0.2) is 11.5 Å². The molecule has 1 aliphatic rings. The second-order valence-corrected chi connectivity index (χ2v) is 7.94. The van der Waals surface area contributed by atoms with Crippen LogP contribution in [0.2, 0.25) is 0 Å². The van der Waals surface area contributed by atoms with Gasteiger partial charge < -0.3 is 5.32 Å². The molecule has 2 unspecified atom stereocenters. The van der Waals surface area contributed by atoms with E-state index < -0.39 is 0 Å². The summed E-state index contributed by atoms with van der Waals surface area (Å²) in [6, 6.07) is 26.4. The molecule has 162 valence electrons. The van der Waals surface area contributed by atoms with Gasteiger partial charge in [-0.15, -0.1) is 4.59 Å². The fraction of sp³-hybridized carbons (Fsp3) is 0.0769. The quantitative estimate of drug-likeness (QED) is 0.251. The first-order valence-corrected chi connectivity index (χ1v) is 10.7. The van der Waals surface area contributed by atoms with Crippen molar-refractivity contribution in [1.29, 1.82) is 0 Å². The number of fused-ring (bicyclic) bond motifs is 1. The Kier molecular flexibility index (Phi) is 5.26. The van der Waals surface area contributed by atoms with Crippen LogP contribution in [0.3, 0.4) is 0 Å². The molecule has 0 amide bonds. The molecule has 0 fully saturated rings. The van der Waals surface area contributed by atoms with Crippen LogP contribution in [0.1, 0.15) is 34.5 Å². The van der Waals surface area contributed by atoms with Crippen molar-refractivity contribution in [3.63, 3.8) is 0 Å². The van der Waals surface area contributed by atoms with Gasteiger partial charge in [0.1, 0.15) is 5.69 Å². The van der Waals surface area contributed by atoms with Crippen LogP contribution in [0.25, 0.3) is 0 Å². The number of carbonyl (C=O) groups is 1. The van der Waals surface area contributed by atoms with E-state index in [1.165, 1.54) is 0 Å². The highest BCUT2D eigenvalue weighted by molar-refractivity contribution is 6.10. The topological polar surface area (TPSA) is 93.3 Å². The second kappa shape index (κ2) is 8.38. The number of nitrogens with zero attached hydrogens (tertiary/aromatic N) is 4. The number of hydrogen-bond acceptors (Lipinski definition) is 6. The van der Waals surface area contributed by atoms with Crippen molar-refractivity contribution < 1.29 is 4.79 Å². The highest BCUT2D eigenvalue weighted by atomic mass is 16.1. The van der Waals surface area contributed by atoms with Crippen LogP contribution < -0.4 is 15.8 Å². The Morgan fingerprint density at radius 3 is 2.42 bits per heavy atom. The molecular formula is C26H23N6O+. The molecule has 0 aliphatic carbocycles. The minimum Gasteiger partial charge on any atom is -0.348 e. The van der Waals surface area contributed by atoms with Crippen LogP contribution in [0.5, 0.6) is 0 Å². The SMILES string of the molecule is CC(Nc1nccc([N+]2(N)C=Nc3ccc(C(=O)c4ccccc4)cc32)n1)c1ccccc1. The van der Waals surface area contributed by atoms with Crippen molar-refractivity contribution in [3.8, 4) is 0 Å². The molecule has 1 aliphatic heterocycles. The van der Waals surface area contributed by atoms with Crippen molar-refractivity contribution in [1.82, 2.24) is 14.6 Å². The third kappa shape index (κ3) is 3.91. The minimum atomic E-state index is -0.248. The number of aromatic nitrogens is 2. The van der Waals surface area contributed by atoms with E-state index in [-0.39, 0.29) is 16.4 Å². The first-order valence-electron chi connectivity index (χ1n) is 10.7. The van der Waals surface area contributed by atoms with Crippen molar-refractivity contribution in [2.75, 3.05) is 5.32 Å². The fourth-order valence-corrected chi connectivity index (χ4v) is 3.87. The summed E-state index contributed by atoms with van der Waals surface area (Å²) in [6.07, 6.45) is 3.29. The third-order valence-electron chi connectivity index (χ3n) is 5.72. The number of hydrogen-bond donors (Lipinski definition) is 2. The maximum atomic E-state index is 13.0. The van der Waals surface area contributed by atoms with E-state index in [0.717, 1.165) is 5.56 Å². The van der Waals surface area contributed by atoms with Gasteiger partial charge in [-0.3, -0.25) is 4.79 Å². The predicted molar refractivity (Wildman–Crippen MR) is 131 cm³/mol. The fourth-order valence-electron chi connectivity index (χ4n) is 3.87. The van der Waals surface area contributed by atoms with E-state index in [2.05, 4.69) is 20.3 Å². The average molecular weight is 436 g/mol. The van der Waals surface area contributed by atoms with Crippen LogP contribution in [0, 0.1) is 0 Å². The lowest BCUT2D eigenvalue weighted by Gasteiger charge is -2.23. The highest BCUT2D eigenvalue weighted by Crippen LogP contribution is 2.41. The average Bonchev–Trinajstić information content (AvgIpc) is 3.22. The number of anilines is 1. The highest BCUT2D eigenvalue weighted by Gasteiger charge is 2.38. The molecule has 0 bridgehead atoms. The molecule has 1 aromatic heterocycles. The van der Waals surface area contributed by atoms with Crippen LogP contribution in [0.4, 0.5) is 23.1 Å². The number of quaternary nitrogens is 1. The Morgan fingerprint density at radius 1 is 0.939 bits per heavy atom. The van der Waals surface area contributed by atoms with E-state index >= 15 is 0 Å². The second-order valence-electron chi connectivity index (χ2n) is 7.94. The first kappa shape index (κ1) is 20.7. The van der Waals surface area contributed by atoms with Gasteiger partial charge in [-0.25, -0.2) is 4.98 Å². The van der Waals surface area contributed by atoms with Gasteiger partial charge in [0.25, 0.3) is 5.82 Å². The molecule has 2 heterocycles. The monoisotopic (exact) mass is 435 g/mol. The van der Waals surface area contributed by atoms with Gasteiger partial charge >= 0.3 is 0 Å². The summed E-state index contributed by atoms with van der Waals surface area (Å²) in [5.74, 6) is 7.70. The van der Waals surface area contributed by atoms with Crippen LogP contribution in [0.15, 0.2) is 96.1 Å².